The lowest BCUT2D eigenvalue weighted by atomic mass is 10.3. The van der Waals surface area contributed by atoms with Crippen molar-refractivity contribution in [2.45, 2.75) is 31.2 Å². The number of thioether (sulfide) groups is 1. The van der Waals surface area contributed by atoms with Gasteiger partial charge in [0, 0.05) is 6.07 Å². The highest BCUT2D eigenvalue weighted by Gasteiger charge is 2.19. The van der Waals surface area contributed by atoms with Gasteiger partial charge in [-0.25, -0.2) is 4.98 Å². The molecule has 0 aliphatic heterocycles. The number of hydrogen-bond acceptors (Lipinski definition) is 6. The van der Waals surface area contributed by atoms with Gasteiger partial charge in [-0.15, -0.1) is 11.8 Å². The van der Waals surface area contributed by atoms with E-state index in [9.17, 15) is 10.1 Å². The van der Waals surface area contributed by atoms with Crippen molar-refractivity contribution in [2.24, 2.45) is 10.9 Å². The largest absolute Gasteiger partial charge is 0.409 e. The Morgan fingerprint density at radius 2 is 2.32 bits per heavy atom. The van der Waals surface area contributed by atoms with Gasteiger partial charge in [-0.2, -0.15) is 0 Å². The summed E-state index contributed by atoms with van der Waals surface area (Å²) < 4.78 is 0. The van der Waals surface area contributed by atoms with Gasteiger partial charge in [-0.3, -0.25) is 10.1 Å². The number of rotatable bonds is 7. The first-order valence-electron chi connectivity index (χ1n) is 5.86. The smallest absolute Gasteiger partial charge is 0.298 e. The van der Waals surface area contributed by atoms with Crippen LogP contribution in [0, 0.1) is 10.1 Å². The maximum atomic E-state index is 10.8. The molecule has 0 amide bonds. The zero-order valence-electron chi connectivity index (χ0n) is 10.6. The normalized spacial score (nSPS) is 11.5. The third kappa shape index (κ3) is 4.40. The molecule has 8 heteroatoms. The first kappa shape index (κ1) is 15.2. The Morgan fingerprint density at radius 1 is 1.58 bits per heavy atom. The highest BCUT2D eigenvalue weighted by molar-refractivity contribution is 7.99. The van der Waals surface area contributed by atoms with E-state index in [4.69, 9.17) is 10.9 Å². The number of nitrogens with two attached hydrogens (primary N) is 1. The second-order valence-electron chi connectivity index (χ2n) is 3.82. The Kier molecular flexibility index (Phi) is 6.07. The molecule has 0 bridgehead atoms. The average molecular weight is 284 g/mol. The monoisotopic (exact) mass is 284 g/mol. The molecule has 1 aromatic heterocycles. The van der Waals surface area contributed by atoms with Crippen LogP contribution in [-0.4, -0.2) is 26.7 Å². The molecule has 0 saturated carbocycles. The lowest BCUT2D eigenvalue weighted by Crippen LogP contribution is -2.17. The van der Waals surface area contributed by atoms with Crippen molar-refractivity contribution in [3.63, 3.8) is 0 Å². The lowest BCUT2D eigenvalue weighted by Gasteiger charge is -2.04. The molecule has 19 heavy (non-hydrogen) atoms. The van der Waals surface area contributed by atoms with Gasteiger partial charge in [0.2, 0.25) is 0 Å². The van der Waals surface area contributed by atoms with E-state index in [1.54, 1.807) is 6.07 Å². The van der Waals surface area contributed by atoms with Gasteiger partial charge >= 0.3 is 0 Å². The summed E-state index contributed by atoms with van der Waals surface area (Å²) >= 11 is 1.50. The first-order valence-corrected chi connectivity index (χ1v) is 6.84. The van der Waals surface area contributed by atoms with Crippen LogP contribution in [0.15, 0.2) is 22.3 Å². The molecule has 0 radical (unpaired) electrons. The van der Waals surface area contributed by atoms with Gasteiger partial charge in [0.25, 0.3) is 5.69 Å². The maximum Gasteiger partial charge on any atom is 0.298 e. The molecule has 0 aliphatic carbocycles. The van der Waals surface area contributed by atoms with Crippen LogP contribution in [0.4, 0.5) is 5.69 Å². The number of aromatic nitrogens is 1. The summed E-state index contributed by atoms with van der Waals surface area (Å²) in [6.45, 7) is 2.12. The summed E-state index contributed by atoms with van der Waals surface area (Å²) in [5.74, 6) is 0.525. The van der Waals surface area contributed by atoms with E-state index in [0.29, 0.717) is 5.03 Å². The number of oxime groups is 1. The molecule has 0 spiro atoms. The van der Waals surface area contributed by atoms with Crippen LogP contribution < -0.4 is 5.73 Å². The van der Waals surface area contributed by atoms with Gasteiger partial charge in [0.05, 0.1) is 9.95 Å². The van der Waals surface area contributed by atoms with Gasteiger partial charge in [-0.1, -0.05) is 24.9 Å². The SMILES string of the molecule is CCCCCSc1ccc([N+](=O)[O-])c(/C(N)=N/O)n1. The zero-order chi connectivity index (χ0) is 14.3. The number of nitro groups is 1. The molecule has 1 heterocycles. The highest BCUT2D eigenvalue weighted by atomic mass is 32.2. The molecule has 0 saturated heterocycles. The molecule has 0 aromatic carbocycles. The molecule has 3 N–H and O–H groups in total. The molecule has 7 nitrogen and oxygen atoms in total. The van der Waals surface area contributed by atoms with Crippen molar-refractivity contribution < 1.29 is 10.1 Å². The summed E-state index contributed by atoms with van der Waals surface area (Å²) in [7, 11) is 0. The third-order valence-electron chi connectivity index (χ3n) is 2.39. The molecule has 0 aliphatic rings. The minimum Gasteiger partial charge on any atom is -0.409 e. The lowest BCUT2D eigenvalue weighted by molar-refractivity contribution is -0.385. The van der Waals surface area contributed by atoms with E-state index in [0.717, 1.165) is 25.0 Å². The van der Waals surface area contributed by atoms with Gasteiger partial charge in [-0.05, 0) is 18.2 Å². The standard InChI is InChI=1S/C11H16N4O3S/c1-2-3-4-7-19-9-6-5-8(15(17)18)10(13-9)11(12)14-16/h5-6,16H,2-4,7H2,1H3,(H2,12,14). The second-order valence-corrected chi connectivity index (χ2v) is 4.93. The van der Waals surface area contributed by atoms with Crippen molar-refractivity contribution in [2.75, 3.05) is 5.75 Å². The summed E-state index contributed by atoms with van der Waals surface area (Å²) in [5.41, 5.74) is 5.03. The Bertz CT molecular complexity index is 479. The fourth-order valence-corrected chi connectivity index (χ4v) is 2.30. The predicted octanol–water partition coefficient (Wildman–Crippen LogP) is 2.37. The number of hydrogen-bond donors (Lipinski definition) is 2. The van der Waals surface area contributed by atoms with Crippen LogP contribution in [0.2, 0.25) is 0 Å². The Balaban J connectivity index is 2.89. The summed E-state index contributed by atoms with van der Waals surface area (Å²) in [5, 5.41) is 22.8. The molecule has 0 unspecified atom stereocenters. The van der Waals surface area contributed by atoms with Gasteiger partial charge < -0.3 is 10.9 Å². The number of pyridine rings is 1. The van der Waals surface area contributed by atoms with Crippen molar-refractivity contribution in [3.8, 4) is 0 Å². The number of amidine groups is 1. The molecule has 0 atom stereocenters. The third-order valence-corrected chi connectivity index (χ3v) is 3.41. The summed E-state index contributed by atoms with van der Waals surface area (Å²) in [6, 6.07) is 2.89. The van der Waals surface area contributed by atoms with Gasteiger partial charge in [0.1, 0.15) is 0 Å². The molecule has 1 rings (SSSR count). The van der Waals surface area contributed by atoms with E-state index in [-0.39, 0.29) is 17.2 Å². The number of nitrogens with zero attached hydrogens (tertiary/aromatic N) is 3. The van der Waals surface area contributed by atoms with E-state index in [1.165, 1.54) is 17.8 Å². The van der Waals surface area contributed by atoms with Crippen molar-refractivity contribution >= 4 is 23.3 Å². The first-order chi connectivity index (χ1) is 9.10. The maximum absolute atomic E-state index is 10.8. The van der Waals surface area contributed by atoms with Crippen LogP contribution in [0.3, 0.4) is 0 Å². The Morgan fingerprint density at radius 3 is 2.89 bits per heavy atom. The van der Waals surface area contributed by atoms with Crippen LogP contribution in [0.1, 0.15) is 31.9 Å². The molecule has 104 valence electrons. The predicted molar refractivity (Wildman–Crippen MR) is 73.7 cm³/mol. The summed E-state index contributed by atoms with van der Waals surface area (Å²) in [4.78, 5) is 14.3. The minimum atomic E-state index is -0.605. The molecular formula is C11H16N4O3S. The van der Waals surface area contributed by atoms with Crippen molar-refractivity contribution in [3.05, 3.63) is 27.9 Å². The molecule has 0 fully saturated rings. The van der Waals surface area contributed by atoms with Crippen molar-refractivity contribution in [1.82, 2.24) is 4.98 Å². The Hall–Kier alpha value is -1.83. The fraction of sp³-hybridized carbons (Fsp3) is 0.455. The fourth-order valence-electron chi connectivity index (χ4n) is 1.43. The van der Waals surface area contributed by atoms with E-state index in [1.807, 2.05) is 0 Å². The minimum absolute atomic E-state index is 0.104. The zero-order valence-corrected chi connectivity index (χ0v) is 11.4. The quantitative estimate of drug-likeness (QED) is 0.151. The topological polar surface area (TPSA) is 115 Å². The Labute approximate surface area is 115 Å². The van der Waals surface area contributed by atoms with Crippen molar-refractivity contribution in [1.29, 1.82) is 0 Å². The number of unbranched alkanes of at least 4 members (excludes halogenated alkanes) is 2. The van der Waals surface area contributed by atoms with E-state index >= 15 is 0 Å². The second kappa shape index (κ2) is 7.57. The average Bonchev–Trinajstić information content (AvgIpc) is 2.42. The van der Waals surface area contributed by atoms with Crippen LogP contribution >= 0.6 is 11.8 Å². The van der Waals surface area contributed by atoms with Crippen LogP contribution in [0.5, 0.6) is 0 Å². The summed E-state index contributed by atoms with van der Waals surface area (Å²) in [6.07, 6.45) is 3.31. The highest BCUT2D eigenvalue weighted by Crippen LogP contribution is 2.23. The van der Waals surface area contributed by atoms with Crippen LogP contribution in [0.25, 0.3) is 0 Å². The van der Waals surface area contributed by atoms with E-state index < -0.39 is 4.92 Å². The van der Waals surface area contributed by atoms with Gasteiger partial charge in [0.15, 0.2) is 11.5 Å². The van der Waals surface area contributed by atoms with Crippen LogP contribution in [-0.2, 0) is 0 Å². The molecular weight excluding hydrogens is 268 g/mol. The van der Waals surface area contributed by atoms with E-state index in [2.05, 4.69) is 17.1 Å². The molecule has 1 aromatic rings.